The standard InChI is InChI=1S/C25H17N5OS/c26-25-30-29-23(31-25)16-9-6-10-17(13-16)24-28-20(14-32-24)21-18-11-4-5-12-19(18)27-22(21)15-7-2-1-3-8-15/h1-14,27H,(H2,26,30). The molecule has 3 aromatic carbocycles. The molecule has 0 saturated carbocycles. The highest BCUT2D eigenvalue weighted by Crippen LogP contribution is 2.40. The van der Waals surface area contributed by atoms with E-state index in [9.17, 15) is 0 Å². The normalized spacial score (nSPS) is 11.2. The molecule has 0 bridgehead atoms. The Labute approximate surface area is 187 Å². The highest BCUT2D eigenvalue weighted by atomic mass is 32.1. The Morgan fingerprint density at radius 1 is 0.812 bits per heavy atom. The maximum Gasteiger partial charge on any atom is 0.313 e. The number of para-hydroxylation sites is 1. The predicted octanol–water partition coefficient (Wildman–Crippen LogP) is 6.26. The van der Waals surface area contributed by atoms with E-state index in [2.05, 4.69) is 50.9 Å². The van der Waals surface area contributed by atoms with E-state index in [0.717, 1.165) is 49.6 Å². The van der Waals surface area contributed by atoms with Crippen LogP contribution in [0.5, 0.6) is 0 Å². The molecule has 3 aromatic heterocycles. The number of fused-ring (bicyclic) bond motifs is 1. The molecule has 6 nitrogen and oxygen atoms in total. The summed E-state index contributed by atoms with van der Waals surface area (Å²) in [5.74, 6) is 0.393. The van der Waals surface area contributed by atoms with E-state index in [1.54, 1.807) is 11.3 Å². The Morgan fingerprint density at radius 3 is 2.44 bits per heavy atom. The number of nitrogen functional groups attached to an aromatic ring is 1. The van der Waals surface area contributed by atoms with Crippen LogP contribution in [0.3, 0.4) is 0 Å². The highest BCUT2D eigenvalue weighted by Gasteiger charge is 2.18. The summed E-state index contributed by atoms with van der Waals surface area (Å²) >= 11 is 1.61. The largest absolute Gasteiger partial charge is 0.404 e. The summed E-state index contributed by atoms with van der Waals surface area (Å²) in [5.41, 5.74) is 12.7. The monoisotopic (exact) mass is 435 g/mol. The number of aromatic amines is 1. The summed E-state index contributed by atoms with van der Waals surface area (Å²) in [6.07, 6.45) is 0. The lowest BCUT2D eigenvalue weighted by Gasteiger charge is -2.03. The minimum Gasteiger partial charge on any atom is -0.404 e. The van der Waals surface area contributed by atoms with Crippen molar-refractivity contribution in [2.24, 2.45) is 0 Å². The van der Waals surface area contributed by atoms with Crippen LogP contribution >= 0.6 is 11.3 Å². The molecular weight excluding hydrogens is 418 g/mol. The number of nitrogens with zero attached hydrogens (tertiary/aromatic N) is 3. The number of hydrogen-bond donors (Lipinski definition) is 2. The average molecular weight is 436 g/mol. The third-order valence-corrected chi connectivity index (χ3v) is 6.22. The number of nitrogens with one attached hydrogen (secondary N) is 1. The Balaban J connectivity index is 1.47. The molecule has 6 rings (SSSR count). The van der Waals surface area contributed by atoms with E-state index in [4.69, 9.17) is 15.1 Å². The Kier molecular flexibility index (Phi) is 4.33. The van der Waals surface area contributed by atoms with Crippen LogP contribution in [-0.2, 0) is 0 Å². The maximum absolute atomic E-state index is 5.58. The Bertz CT molecular complexity index is 1550. The van der Waals surface area contributed by atoms with E-state index < -0.39 is 0 Å². The fourth-order valence-electron chi connectivity index (χ4n) is 3.89. The van der Waals surface area contributed by atoms with Crippen molar-refractivity contribution in [1.29, 1.82) is 0 Å². The third kappa shape index (κ3) is 3.16. The number of anilines is 1. The molecule has 0 radical (unpaired) electrons. The smallest absolute Gasteiger partial charge is 0.313 e. The number of H-pyrrole nitrogens is 1. The zero-order valence-electron chi connectivity index (χ0n) is 16.8. The summed E-state index contributed by atoms with van der Waals surface area (Å²) in [7, 11) is 0. The van der Waals surface area contributed by atoms with Crippen LogP contribution in [0.15, 0.2) is 88.7 Å². The van der Waals surface area contributed by atoms with E-state index in [0.29, 0.717) is 5.89 Å². The molecule has 0 amide bonds. The Morgan fingerprint density at radius 2 is 1.59 bits per heavy atom. The minimum absolute atomic E-state index is 0.0507. The van der Waals surface area contributed by atoms with Gasteiger partial charge in [-0.2, -0.15) is 0 Å². The first-order valence-corrected chi connectivity index (χ1v) is 11.0. The number of benzene rings is 3. The molecule has 6 aromatic rings. The molecule has 32 heavy (non-hydrogen) atoms. The van der Waals surface area contributed by atoms with Crippen molar-refractivity contribution < 1.29 is 4.42 Å². The highest BCUT2D eigenvalue weighted by molar-refractivity contribution is 7.13. The summed E-state index contributed by atoms with van der Waals surface area (Å²) in [4.78, 5) is 8.59. The molecule has 3 heterocycles. The van der Waals surface area contributed by atoms with Gasteiger partial charge in [-0.05, 0) is 23.8 Å². The number of nitrogens with two attached hydrogens (primary N) is 1. The van der Waals surface area contributed by atoms with Gasteiger partial charge < -0.3 is 15.1 Å². The van der Waals surface area contributed by atoms with Gasteiger partial charge in [0.05, 0.1) is 11.4 Å². The van der Waals surface area contributed by atoms with Gasteiger partial charge in [-0.3, -0.25) is 0 Å². The summed E-state index contributed by atoms with van der Waals surface area (Å²) in [5, 5.41) is 11.9. The fourth-order valence-corrected chi connectivity index (χ4v) is 4.69. The molecular formula is C25H17N5OS. The number of rotatable bonds is 4. The molecule has 0 atom stereocenters. The topological polar surface area (TPSA) is 93.6 Å². The van der Waals surface area contributed by atoms with E-state index >= 15 is 0 Å². The quantitative estimate of drug-likeness (QED) is 0.341. The SMILES string of the molecule is Nc1nnc(-c2cccc(-c3nc(-c4c(-c5ccccc5)[nH]c5ccccc45)cs3)c2)o1. The first kappa shape index (κ1) is 18.5. The van der Waals surface area contributed by atoms with Crippen LogP contribution in [0.25, 0.3) is 55.4 Å². The third-order valence-electron chi connectivity index (χ3n) is 5.33. The lowest BCUT2D eigenvalue weighted by atomic mass is 10.0. The second-order valence-electron chi connectivity index (χ2n) is 7.35. The minimum atomic E-state index is 0.0507. The Hall–Kier alpha value is -4.23. The maximum atomic E-state index is 5.58. The fraction of sp³-hybridized carbons (Fsp3) is 0. The van der Waals surface area contributed by atoms with Crippen LogP contribution in [0.1, 0.15) is 0 Å². The molecule has 0 unspecified atom stereocenters. The van der Waals surface area contributed by atoms with Crippen molar-refractivity contribution >= 4 is 28.3 Å². The lowest BCUT2D eigenvalue weighted by molar-refractivity contribution is 0.590. The van der Waals surface area contributed by atoms with Gasteiger partial charge in [0.25, 0.3) is 0 Å². The molecule has 0 aliphatic rings. The lowest BCUT2D eigenvalue weighted by Crippen LogP contribution is -1.84. The molecule has 154 valence electrons. The van der Waals surface area contributed by atoms with Gasteiger partial charge in [0.2, 0.25) is 5.89 Å². The molecule has 3 N–H and O–H groups in total. The molecule has 0 fully saturated rings. The zero-order chi connectivity index (χ0) is 21.5. The van der Waals surface area contributed by atoms with Gasteiger partial charge in [0, 0.05) is 33.0 Å². The predicted molar refractivity (Wildman–Crippen MR) is 128 cm³/mol. The van der Waals surface area contributed by atoms with Crippen LogP contribution in [0, 0.1) is 0 Å². The number of aromatic nitrogens is 4. The molecule has 0 saturated heterocycles. The van der Waals surface area contributed by atoms with Crippen molar-refractivity contribution in [2.45, 2.75) is 0 Å². The summed E-state index contributed by atoms with van der Waals surface area (Å²) < 4.78 is 5.37. The summed E-state index contributed by atoms with van der Waals surface area (Å²) in [6, 6.07) is 26.6. The van der Waals surface area contributed by atoms with E-state index in [-0.39, 0.29) is 6.01 Å². The van der Waals surface area contributed by atoms with Crippen molar-refractivity contribution in [3.05, 3.63) is 84.2 Å². The van der Waals surface area contributed by atoms with Crippen LogP contribution in [-0.4, -0.2) is 20.2 Å². The number of thiazole rings is 1. The van der Waals surface area contributed by atoms with Crippen LogP contribution in [0.4, 0.5) is 6.01 Å². The second kappa shape index (κ2) is 7.47. The van der Waals surface area contributed by atoms with Crippen molar-refractivity contribution in [2.75, 3.05) is 5.73 Å². The van der Waals surface area contributed by atoms with Gasteiger partial charge >= 0.3 is 6.01 Å². The second-order valence-corrected chi connectivity index (χ2v) is 8.21. The molecule has 0 spiro atoms. The average Bonchev–Trinajstić information content (AvgIpc) is 3.57. The summed E-state index contributed by atoms with van der Waals surface area (Å²) in [6.45, 7) is 0. The van der Waals surface area contributed by atoms with Crippen LogP contribution in [0.2, 0.25) is 0 Å². The van der Waals surface area contributed by atoms with Gasteiger partial charge in [-0.15, -0.1) is 16.4 Å². The van der Waals surface area contributed by atoms with E-state index in [1.165, 1.54) is 0 Å². The van der Waals surface area contributed by atoms with Gasteiger partial charge in [-0.1, -0.05) is 65.8 Å². The van der Waals surface area contributed by atoms with Gasteiger partial charge in [-0.25, -0.2) is 4.98 Å². The van der Waals surface area contributed by atoms with Gasteiger partial charge in [0.15, 0.2) is 0 Å². The molecule has 0 aliphatic carbocycles. The molecule has 0 aliphatic heterocycles. The van der Waals surface area contributed by atoms with Crippen LogP contribution < -0.4 is 5.73 Å². The molecule has 7 heteroatoms. The van der Waals surface area contributed by atoms with Crippen molar-refractivity contribution in [3.63, 3.8) is 0 Å². The first-order valence-electron chi connectivity index (χ1n) is 10.1. The van der Waals surface area contributed by atoms with Gasteiger partial charge in [0.1, 0.15) is 5.01 Å². The zero-order valence-corrected chi connectivity index (χ0v) is 17.6. The number of hydrogen-bond acceptors (Lipinski definition) is 6. The van der Waals surface area contributed by atoms with E-state index in [1.807, 2.05) is 48.5 Å². The van der Waals surface area contributed by atoms with Crippen molar-refractivity contribution in [1.82, 2.24) is 20.2 Å². The van der Waals surface area contributed by atoms with Crippen molar-refractivity contribution in [3.8, 4) is 44.5 Å². The first-order chi connectivity index (χ1) is 15.8.